The molecule has 0 aliphatic heterocycles. The SMILES string of the molecule is CCNCC1(Cc2csc(C)n2)CCCCC1. The highest BCUT2D eigenvalue weighted by molar-refractivity contribution is 7.09. The van der Waals surface area contributed by atoms with E-state index in [4.69, 9.17) is 0 Å². The monoisotopic (exact) mass is 252 g/mol. The molecule has 96 valence electrons. The topological polar surface area (TPSA) is 24.9 Å². The molecule has 1 aromatic rings. The van der Waals surface area contributed by atoms with Gasteiger partial charge in [0.2, 0.25) is 0 Å². The summed E-state index contributed by atoms with van der Waals surface area (Å²) < 4.78 is 0. The van der Waals surface area contributed by atoms with Gasteiger partial charge in [0.05, 0.1) is 10.7 Å². The smallest absolute Gasteiger partial charge is 0.0897 e. The minimum atomic E-state index is 0.481. The molecule has 0 saturated heterocycles. The summed E-state index contributed by atoms with van der Waals surface area (Å²) >= 11 is 1.78. The molecular weight excluding hydrogens is 228 g/mol. The van der Waals surface area contributed by atoms with Gasteiger partial charge < -0.3 is 5.32 Å². The van der Waals surface area contributed by atoms with Gasteiger partial charge in [0, 0.05) is 11.9 Å². The first-order chi connectivity index (χ1) is 8.24. The van der Waals surface area contributed by atoms with Crippen LogP contribution in [-0.4, -0.2) is 18.1 Å². The van der Waals surface area contributed by atoms with E-state index in [1.807, 2.05) is 0 Å². The van der Waals surface area contributed by atoms with Crippen LogP contribution in [0.25, 0.3) is 0 Å². The maximum absolute atomic E-state index is 4.65. The zero-order valence-corrected chi connectivity index (χ0v) is 11.9. The van der Waals surface area contributed by atoms with Crippen molar-refractivity contribution in [3.05, 3.63) is 16.1 Å². The second-order valence-electron chi connectivity index (χ2n) is 5.38. The van der Waals surface area contributed by atoms with Crippen molar-refractivity contribution in [2.24, 2.45) is 5.41 Å². The van der Waals surface area contributed by atoms with Crippen LogP contribution in [0.4, 0.5) is 0 Å². The van der Waals surface area contributed by atoms with Crippen molar-refractivity contribution in [1.82, 2.24) is 10.3 Å². The molecule has 17 heavy (non-hydrogen) atoms. The summed E-state index contributed by atoms with van der Waals surface area (Å²) in [4.78, 5) is 4.65. The fourth-order valence-electron chi connectivity index (χ4n) is 2.98. The Morgan fingerprint density at radius 3 is 2.71 bits per heavy atom. The van der Waals surface area contributed by atoms with E-state index < -0.39 is 0 Å². The molecular formula is C14H24N2S. The van der Waals surface area contributed by atoms with E-state index in [1.165, 1.54) is 55.8 Å². The van der Waals surface area contributed by atoms with Crippen LogP contribution in [0.15, 0.2) is 5.38 Å². The van der Waals surface area contributed by atoms with Crippen molar-refractivity contribution < 1.29 is 0 Å². The number of aryl methyl sites for hydroxylation is 1. The molecule has 0 unspecified atom stereocenters. The molecule has 0 bridgehead atoms. The molecule has 1 aromatic heterocycles. The van der Waals surface area contributed by atoms with Gasteiger partial charge in [-0.2, -0.15) is 0 Å². The van der Waals surface area contributed by atoms with Gasteiger partial charge in [0.15, 0.2) is 0 Å². The molecule has 1 heterocycles. The van der Waals surface area contributed by atoms with Gasteiger partial charge in [0.1, 0.15) is 0 Å². The van der Waals surface area contributed by atoms with E-state index in [0.717, 1.165) is 6.54 Å². The highest BCUT2D eigenvalue weighted by atomic mass is 32.1. The lowest BCUT2D eigenvalue weighted by molar-refractivity contribution is 0.180. The fraction of sp³-hybridized carbons (Fsp3) is 0.786. The lowest BCUT2D eigenvalue weighted by Crippen LogP contribution is -2.38. The van der Waals surface area contributed by atoms with E-state index in [-0.39, 0.29) is 0 Å². The highest BCUT2D eigenvalue weighted by Gasteiger charge is 2.32. The van der Waals surface area contributed by atoms with Gasteiger partial charge >= 0.3 is 0 Å². The Morgan fingerprint density at radius 2 is 2.12 bits per heavy atom. The number of nitrogens with zero attached hydrogens (tertiary/aromatic N) is 1. The number of hydrogen-bond acceptors (Lipinski definition) is 3. The summed E-state index contributed by atoms with van der Waals surface area (Å²) in [5, 5.41) is 7.01. The Bertz CT molecular complexity index is 340. The number of nitrogens with one attached hydrogen (secondary N) is 1. The second-order valence-corrected chi connectivity index (χ2v) is 6.44. The van der Waals surface area contributed by atoms with Crippen molar-refractivity contribution >= 4 is 11.3 Å². The molecule has 0 spiro atoms. The Balaban J connectivity index is 2.03. The largest absolute Gasteiger partial charge is 0.316 e. The normalized spacial score (nSPS) is 19.4. The van der Waals surface area contributed by atoms with Gasteiger partial charge in [-0.05, 0) is 38.1 Å². The van der Waals surface area contributed by atoms with Crippen LogP contribution in [0.2, 0.25) is 0 Å². The van der Waals surface area contributed by atoms with E-state index in [2.05, 4.69) is 29.5 Å². The van der Waals surface area contributed by atoms with E-state index in [0.29, 0.717) is 5.41 Å². The van der Waals surface area contributed by atoms with Crippen molar-refractivity contribution in [3.63, 3.8) is 0 Å². The summed E-state index contributed by atoms with van der Waals surface area (Å²) in [6, 6.07) is 0. The van der Waals surface area contributed by atoms with Crippen LogP contribution in [0, 0.1) is 12.3 Å². The standard InChI is InChI=1S/C14H24N2S/c1-3-15-11-14(7-5-4-6-8-14)9-13-10-17-12(2)16-13/h10,15H,3-9,11H2,1-2H3. The van der Waals surface area contributed by atoms with Crippen molar-refractivity contribution in [2.45, 2.75) is 52.4 Å². The highest BCUT2D eigenvalue weighted by Crippen LogP contribution is 2.38. The molecule has 1 aliphatic carbocycles. The Labute approximate surface area is 109 Å². The van der Waals surface area contributed by atoms with Gasteiger partial charge in [0.25, 0.3) is 0 Å². The predicted molar refractivity (Wildman–Crippen MR) is 74.6 cm³/mol. The third kappa shape index (κ3) is 3.52. The van der Waals surface area contributed by atoms with Crippen LogP contribution in [-0.2, 0) is 6.42 Å². The van der Waals surface area contributed by atoms with Crippen molar-refractivity contribution in [2.75, 3.05) is 13.1 Å². The summed E-state index contributed by atoms with van der Waals surface area (Å²) in [6.45, 7) is 6.55. The maximum atomic E-state index is 4.65. The zero-order valence-electron chi connectivity index (χ0n) is 11.1. The van der Waals surface area contributed by atoms with Crippen LogP contribution >= 0.6 is 11.3 Å². The molecule has 0 aromatic carbocycles. The lowest BCUT2D eigenvalue weighted by Gasteiger charge is -2.37. The molecule has 0 radical (unpaired) electrons. The summed E-state index contributed by atoms with van der Waals surface area (Å²) in [6.07, 6.45) is 8.13. The number of hydrogen-bond donors (Lipinski definition) is 1. The average molecular weight is 252 g/mol. The molecule has 2 rings (SSSR count). The Morgan fingerprint density at radius 1 is 1.35 bits per heavy atom. The molecule has 0 amide bonds. The van der Waals surface area contributed by atoms with Gasteiger partial charge in [-0.1, -0.05) is 26.2 Å². The van der Waals surface area contributed by atoms with Gasteiger partial charge in [-0.15, -0.1) is 11.3 Å². The Kier molecular flexibility index (Phi) is 4.57. The molecule has 3 heteroatoms. The van der Waals surface area contributed by atoms with Crippen LogP contribution in [0.3, 0.4) is 0 Å². The predicted octanol–water partition coefficient (Wildman–Crippen LogP) is 3.55. The van der Waals surface area contributed by atoms with Crippen molar-refractivity contribution in [1.29, 1.82) is 0 Å². The van der Waals surface area contributed by atoms with Crippen molar-refractivity contribution in [3.8, 4) is 0 Å². The first kappa shape index (κ1) is 13.0. The molecule has 1 aliphatic rings. The van der Waals surface area contributed by atoms with Gasteiger partial charge in [-0.25, -0.2) is 4.98 Å². The zero-order chi connectivity index (χ0) is 12.1. The van der Waals surface area contributed by atoms with E-state index >= 15 is 0 Å². The summed E-state index contributed by atoms with van der Waals surface area (Å²) in [5.41, 5.74) is 1.79. The summed E-state index contributed by atoms with van der Waals surface area (Å²) in [5.74, 6) is 0. The van der Waals surface area contributed by atoms with Gasteiger partial charge in [-0.3, -0.25) is 0 Å². The van der Waals surface area contributed by atoms with Crippen LogP contribution in [0.5, 0.6) is 0 Å². The fourth-order valence-corrected chi connectivity index (χ4v) is 3.59. The first-order valence-electron chi connectivity index (χ1n) is 6.86. The van der Waals surface area contributed by atoms with Crippen LogP contribution < -0.4 is 5.32 Å². The first-order valence-corrected chi connectivity index (χ1v) is 7.74. The quantitative estimate of drug-likeness (QED) is 0.867. The van der Waals surface area contributed by atoms with E-state index in [1.54, 1.807) is 11.3 Å². The molecule has 0 atom stereocenters. The average Bonchev–Trinajstić information content (AvgIpc) is 2.73. The minimum absolute atomic E-state index is 0.481. The lowest BCUT2D eigenvalue weighted by atomic mass is 9.71. The van der Waals surface area contributed by atoms with E-state index in [9.17, 15) is 0 Å². The second kappa shape index (κ2) is 5.96. The number of aromatic nitrogens is 1. The molecule has 1 N–H and O–H groups in total. The molecule has 1 fully saturated rings. The number of rotatable bonds is 5. The Hall–Kier alpha value is -0.410. The molecule has 1 saturated carbocycles. The number of thiazole rings is 1. The molecule has 2 nitrogen and oxygen atoms in total. The third-order valence-electron chi connectivity index (χ3n) is 3.89. The van der Waals surface area contributed by atoms with Crippen LogP contribution in [0.1, 0.15) is 49.7 Å². The minimum Gasteiger partial charge on any atom is -0.316 e. The third-order valence-corrected chi connectivity index (χ3v) is 4.71. The summed E-state index contributed by atoms with van der Waals surface area (Å²) in [7, 11) is 0. The maximum Gasteiger partial charge on any atom is 0.0897 e.